The summed E-state index contributed by atoms with van der Waals surface area (Å²) in [5.41, 5.74) is 7.47. The second-order valence-corrected chi connectivity index (χ2v) is 10.6. The van der Waals surface area contributed by atoms with E-state index in [9.17, 15) is 9.59 Å². The number of carbonyl (C=O) groups is 2. The summed E-state index contributed by atoms with van der Waals surface area (Å²) < 4.78 is 12.8. The molecule has 6 nitrogen and oxygen atoms in total. The second kappa shape index (κ2) is 12.2. The van der Waals surface area contributed by atoms with Gasteiger partial charge in [0.25, 0.3) is 11.8 Å². The maximum absolute atomic E-state index is 12.4. The molecule has 2 N–H and O–H groups in total. The molecule has 184 valence electrons. The summed E-state index contributed by atoms with van der Waals surface area (Å²) in [5, 5.41) is 0. The molecular weight excluding hydrogens is 576 g/mol. The van der Waals surface area contributed by atoms with Crippen molar-refractivity contribution in [2.75, 3.05) is 13.2 Å². The van der Waals surface area contributed by atoms with E-state index in [0.717, 1.165) is 16.5 Å². The fraction of sp³-hybridized carbons (Fsp3) is 0.259. The van der Waals surface area contributed by atoms with Gasteiger partial charge in [-0.15, -0.1) is 0 Å². The third-order valence-electron chi connectivity index (χ3n) is 5.16. The minimum absolute atomic E-state index is 0.00416. The van der Waals surface area contributed by atoms with Crippen molar-refractivity contribution in [3.05, 3.63) is 92.4 Å². The molecule has 0 fully saturated rings. The number of hydrogen-bond donors (Lipinski definition) is 2. The first-order chi connectivity index (χ1) is 16.6. The van der Waals surface area contributed by atoms with Crippen molar-refractivity contribution in [1.29, 1.82) is 0 Å². The molecule has 3 rings (SSSR count). The lowest BCUT2D eigenvalue weighted by Crippen LogP contribution is -2.43. The predicted octanol–water partition coefficient (Wildman–Crippen LogP) is 5.97. The summed E-state index contributed by atoms with van der Waals surface area (Å²) in [5.74, 6) is 0.250. The zero-order valence-corrected chi connectivity index (χ0v) is 23.0. The first kappa shape index (κ1) is 26.8. The molecule has 0 atom stereocenters. The lowest BCUT2D eigenvalue weighted by atomic mass is 9.87. The van der Waals surface area contributed by atoms with Gasteiger partial charge in [0.05, 0.1) is 15.6 Å². The van der Waals surface area contributed by atoms with Crippen molar-refractivity contribution in [2.45, 2.75) is 32.6 Å². The zero-order valence-electron chi connectivity index (χ0n) is 19.9. The van der Waals surface area contributed by atoms with E-state index in [1.165, 1.54) is 5.56 Å². The number of benzene rings is 3. The summed E-state index contributed by atoms with van der Waals surface area (Å²) >= 11 is 6.92. The van der Waals surface area contributed by atoms with Gasteiger partial charge in [-0.1, -0.05) is 57.2 Å². The van der Waals surface area contributed by atoms with Crippen LogP contribution < -0.4 is 20.3 Å². The van der Waals surface area contributed by atoms with Crippen LogP contribution in [0.4, 0.5) is 0 Å². The number of halogens is 2. The third-order valence-corrected chi connectivity index (χ3v) is 6.40. The molecule has 2 amide bonds. The van der Waals surface area contributed by atoms with Gasteiger partial charge in [0.2, 0.25) is 0 Å². The maximum Gasteiger partial charge on any atom is 0.276 e. The van der Waals surface area contributed by atoms with Crippen LogP contribution in [0.25, 0.3) is 0 Å². The molecule has 35 heavy (non-hydrogen) atoms. The fourth-order valence-electron chi connectivity index (χ4n) is 3.15. The van der Waals surface area contributed by atoms with Gasteiger partial charge < -0.3 is 9.47 Å². The van der Waals surface area contributed by atoms with E-state index >= 15 is 0 Å². The van der Waals surface area contributed by atoms with Crippen molar-refractivity contribution in [1.82, 2.24) is 10.9 Å². The molecule has 0 saturated carbocycles. The molecule has 0 aliphatic rings. The largest absolute Gasteiger partial charge is 0.492 e. The number of hydrazine groups is 1. The van der Waals surface area contributed by atoms with Gasteiger partial charge in [-0.25, -0.2) is 0 Å². The van der Waals surface area contributed by atoms with Crippen LogP contribution in [0, 0.1) is 0 Å². The fourth-order valence-corrected chi connectivity index (χ4v) is 4.13. The maximum atomic E-state index is 12.4. The summed E-state index contributed by atoms with van der Waals surface area (Å²) in [6, 6.07) is 20.8. The Bertz CT molecular complexity index is 1180. The van der Waals surface area contributed by atoms with E-state index < -0.39 is 11.8 Å². The van der Waals surface area contributed by atoms with Gasteiger partial charge >= 0.3 is 0 Å². The second-order valence-electron chi connectivity index (χ2n) is 8.92. The SMILES string of the molecule is CC(C)(C)c1ccc(OCC(=O)NNC(=O)c2ccc(OCCc3ccccc3)c(Br)c2)c(Br)c1. The highest BCUT2D eigenvalue weighted by molar-refractivity contribution is 9.10. The Hall–Kier alpha value is -2.84. The van der Waals surface area contributed by atoms with E-state index in [-0.39, 0.29) is 12.0 Å². The highest BCUT2D eigenvalue weighted by Gasteiger charge is 2.16. The summed E-state index contributed by atoms with van der Waals surface area (Å²) in [7, 11) is 0. The van der Waals surface area contributed by atoms with E-state index in [4.69, 9.17) is 9.47 Å². The van der Waals surface area contributed by atoms with Crippen LogP contribution >= 0.6 is 31.9 Å². The Labute approximate surface area is 222 Å². The summed E-state index contributed by atoms with van der Waals surface area (Å²) in [6.45, 7) is 6.63. The van der Waals surface area contributed by atoms with E-state index in [1.54, 1.807) is 18.2 Å². The molecule has 3 aromatic carbocycles. The van der Waals surface area contributed by atoms with E-state index in [0.29, 0.717) is 28.1 Å². The van der Waals surface area contributed by atoms with Crippen LogP contribution in [0.5, 0.6) is 11.5 Å². The number of rotatable bonds is 8. The van der Waals surface area contributed by atoms with Crippen LogP contribution in [0.1, 0.15) is 42.3 Å². The van der Waals surface area contributed by atoms with Crippen molar-refractivity contribution in [3.8, 4) is 11.5 Å². The molecule has 3 aromatic rings. The average molecular weight is 604 g/mol. The highest BCUT2D eigenvalue weighted by Crippen LogP contribution is 2.31. The van der Waals surface area contributed by atoms with Crippen LogP contribution in [0.15, 0.2) is 75.7 Å². The molecule has 0 bridgehead atoms. The Balaban J connectivity index is 1.45. The zero-order chi connectivity index (χ0) is 25.4. The average Bonchev–Trinajstić information content (AvgIpc) is 2.82. The van der Waals surface area contributed by atoms with Gasteiger partial charge in [0.15, 0.2) is 6.61 Å². The first-order valence-electron chi connectivity index (χ1n) is 11.1. The predicted molar refractivity (Wildman–Crippen MR) is 144 cm³/mol. The molecule has 0 aliphatic carbocycles. The standard InChI is InChI=1S/C27H28Br2N2O4/c1-27(2,3)20-10-12-24(22(29)16-20)35-17-25(32)30-31-26(33)19-9-11-23(21(28)15-19)34-14-13-18-7-5-4-6-8-18/h4-12,15-16H,13-14,17H2,1-3H3,(H,30,32)(H,31,33). The first-order valence-corrected chi connectivity index (χ1v) is 12.7. The highest BCUT2D eigenvalue weighted by atomic mass is 79.9. The molecule has 0 unspecified atom stereocenters. The number of ether oxygens (including phenoxy) is 2. The van der Waals surface area contributed by atoms with Crippen LogP contribution in [0.2, 0.25) is 0 Å². The Kier molecular flexibility index (Phi) is 9.34. The molecule has 0 aromatic heterocycles. The minimum atomic E-state index is -0.481. The van der Waals surface area contributed by atoms with Gasteiger partial charge in [0, 0.05) is 12.0 Å². The lowest BCUT2D eigenvalue weighted by Gasteiger charge is -2.20. The van der Waals surface area contributed by atoms with Gasteiger partial charge in [0.1, 0.15) is 11.5 Å². The summed E-state index contributed by atoms with van der Waals surface area (Å²) in [4.78, 5) is 24.6. The molecular formula is C27H28Br2N2O4. The van der Waals surface area contributed by atoms with Gasteiger partial charge in [-0.3, -0.25) is 20.4 Å². The van der Waals surface area contributed by atoms with Crippen molar-refractivity contribution >= 4 is 43.7 Å². The smallest absolute Gasteiger partial charge is 0.276 e. The number of amides is 2. The molecule has 0 radical (unpaired) electrons. The van der Waals surface area contributed by atoms with Gasteiger partial charge in [-0.05, 0) is 78.7 Å². The monoisotopic (exact) mass is 602 g/mol. The van der Waals surface area contributed by atoms with Crippen molar-refractivity contribution in [2.24, 2.45) is 0 Å². The molecule has 0 heterocycles. The van der Waals surface area contributed by atoms with Crippen LogP contribution in [0.3, 0.4) is 0 Å². The Morgan fingerprint density at radius 2 is 1.49 bits per heavy atom. The third kappa shape index (κ3) is 8.11. The minimum Gasteiger partial charge on any atom is -0.492 e. The molecule has 0 spiro atoms. The van der Waals surface area contributed by atoms with Gasteiger partial charge in [-0.2, -0.15) is 0 Å². The van der Waals surface area contributed by atoms with Crippen LogP contribution in [-0.2, 0) is 16.6 Å². The molecule has 0 saturated heterocycles. The topological polar surface area (TPSA) is 76.7 Å². The molecule has 0 aliphatic heterocycles. The number of hydrogen-bond acceptors (Lipinski definition) is 4. The van der Waals surface area contributed by atoms with E-state index in [1.807, 2.05) is 48.5 Å². The normalized spacial score (nSPS) is 11.0. The lowest BCUT2D eigenvalue weighted by molar-refractivity contribution is -0.123. The molecule has 8 heteroatoms. The number of nitrogens with one attached hydrogen (secondary N) is 2. The quantitative estimate of drug-likeness (QED) is 0.311. The Morgan fingerprint density at radius 3 is 2.14 bits per heavy atom. The Morgan fingerprint density at radius 1 is 0.829 bits per heavy atom. The van der Waals surface area contributed by atoms with Crippen molar-refractivity contribution in [3.63, 3.8) is 0 Å². The summed E-state index contributed by atoms with van der Waals surface area (Å²) in [6.07, 6.45) is 0.779. The number of carbonyl (C=O) groups excluding carboxylic acids is 2. The van der Waals surface area contributed by atoms with Crippen LogP contribution in [-0.4, -0.2) is 25.0 Å². The van der Waals surface area contributed by atoms with E-state index in [2.05, 4.69) is 63.5 Å². The van der Waals surface area contributed by atoms with Crippen molar-refractivity contribution < 1.29 is 19.1 Å².